The molecule has 2 aromatic carbocycles. The number of carbonyl (C=O) groups is 1. The largest absolute Gasteiger partial charge is 0.417 e. The van der Waals surface area contributed by atoms with Crippen LogP contribution >= 0.6 is 11.6 Å². The van der Waals surface area contributed by atoms with Gasteiger partial charge < -0.3 is 9.73 Å². The Hall–Kier alpha value is -3.19. The van der Waals surface area contributed by atoms with Crippen molar-refractivity contribution in [3.63, 3.8) is 0 Å². The summed E-state index contributed by atoms with van der Waals surface area (Å²) in [4.78, 5) is 34.2. The molecule has 0 atom stereocenters. The summed E-state index contributed by atoms with van der Waals surface area (Å²) in [6.07, 6.45) is 0. The molecule has 7 nitrogen and oxygen atoms in total. The van der Waals surface area contributed by atoms with Gasteiger partial charge in [-0.15, -0.1) is 0 Å². The summed E-state index contributed by atoms with van der Waals surface area (Å²) >= 11 is 5.92. The molecule has 0 saturated heterocycles. The Kier molecular flexibility index (Phi) is 4.01. The van der Waals surface area contributed by atoms with Crippen molar-refractivity contribution in [3.8, 4) is 0 Å². The van der Waals surface area contributed by atoms with Crippen LogP contribution in [-0.4, -0.2) is 10.8 Å². The monoisotopic (exact) mass is 344 g/mol. The van der Waals surface area contributed by atoms with Crippen LogP contribution in [0.4, 0.5) is 11.4 Å². The number of nitrogens with one attached hydrogen (secondary N) is 1. The fraction of sp³-hybridized carbons (Fsp3) is 0. The average molecular weight is 345 g/mol. The van der Waals surface area contributed by atoms with Crippen molar-refractivity contribution in [1.82, 2.24) is 0 Å². The molecule has 3 aromatic rings. The minimum atomic E-state index is -0.686. The first-order valence-corrected chi connectivity index (χ1v) is 7.11. The Morgan fingerprint density at radius 2 is 1.92 bits per heavy atom. The van der Waals surface area contributed by atoms with Crippen LogP contribution < -0.4 is 10.9 Å². The molecule has 0 spiro atoms. The molecule has 0 unspecified atom stereocenters. The van der Waals surface area contributed by atoms with Gasteiger partial charge in [-0.25, -0.2) is 4.79 Å². The van der Waals surface area contributed by atoms with E-state index < -0.39 is 16.5 Å². The topological polar surface area (TPSA) is 102 Å². The number of carbonyl (C=O) groups excluding carboxylic acids is 1. The van der Waals surface area contributed by atoms with Gasteiger partial charge in [0.05, 0.1) is 21.0 Å². The number of nitrogens with zero attached hydrogens (tertiary/aromatic N) is 1. The van der Waals surface area contributed by atoms with Crippen molar-refractivity contribution < 1.29 is 14.1 Å². The van der Waals surface area contributed by atoms with Crippen molar-refractivity contribution in [1.29, 1.82) is 0 Å². The number of non-ortho nitro benzene ring substituents is 1. The summed E-state index contributed by atoms with van der Waals surface area (Å²) in [6.45, 7) is 0. The highest BCUT2D eigenvalue weighted by atomic mass is 35.5. The molecule has 8 heteroatoms. The van der Waals surface area contributed by atoms with Gasteiger partial charge >= 0.3 is 5.63 Å². The summed E-state index contributed by atoms with van der Waals surface area (Å²) in [5.41, 5.74) is -0.661. The first kappa shape index (κ1) is 15.7. The average Bonchev–Trinajstić information content (AvgIpc) is 2.56. The van der Waals surface area contributed by atoms with Crippen molar-refractivity contribution in [2.75, 3.05) is 5.32 Å². The van der Waals surface area contributed by atoms with Crippen LogP contribution in [0.15, 0.2) is 57.7 Å². The number of nitro benzene ring substituents is 1. The van der Waals surface area contributed by atoms with Crippen molar-refractivity contribution >= 4 is 39.7 Å². The lowest BCUT2D eigenvalue weighted by atomic mass is 10.1. The SMILES string of the molecule is O=C(Nc1ccc([N+](=O)[O-])cc1Cl)c1cc2ccccc2c(=O)o1. The molecule has 0 bridgehead atoms. The van der Waals surface area contributed by atoms with Crippen LogP contribution in [0.25, 0.3) is 10.8 Å². The quantitative estimate of drug-likeness (QED) is 0.577. The summed E-state index contributed by atoms with van der Waals surface area (Å²) < 4.78 is 5.01. The van der Waals surface area contributed by atoms with Crippen LogP contribution in [0.1, 0.15) is 10.6 Å². The zero-order chi connectivity index (χ0) is 17.3. The summed E-state index contributed by atoms with van der Waals surface area (Å²) in [5.74, 6) is -0.873. The number of rotatable bonds is 3. The highest BCUT2D eigenvalue weighted by Crippen LogP contribution is 2.27. The molecule has 0 aliphatic carbocycles. The number of fused-ring (bicyclic) bond motifs is 1. The maximum Gasteiger partial charge on any atom is 0.344 e. The molecule has 120 valence electrons. The van der Waals surface area contributed by atoms with Gasteiger partial charge in [-0.2, -0.15) is 0 Å². The van der Waals surface area contributed by atoms with E-state index in [9.17, 15) is 19.7 Å². The molecular formula is C16H9ClN2O5. The van der Waals surface area contributed by atoms with Crippen LogP contribution in [0.3, 0.4) is 0 Å². The van der Waals surface area contributed by atoms with Gasteiger partial charge in [0, 0.05) is 12.1 Å². The second-order valence-corrected chi connectivity index (χ2v) is 5.27. The normalized spacial score (nSPS) is 10.5. The molecule has 1 N–H and O–H groups in total. The standard InChI is InChI=1S/C16H9ClN2O5/c17-12-8-10(19(22)23)5-6-13(12)18-15(20)14-7-9-3-1-2-4-11(9)16(21)24-14/h1-8H,(H,18,20). The highest BCUT2D eigenvalue weighted by molar-refractivity contribution is 6.34. The Labute approximate surface area is 139 Å². The van der Waals surface area contributed by atoms with Crippen LogP contribution in [0, 0.1) is 10.1 Å². The second kappa shape index (κ2) is 6.13. The van der Waals surface area contributed by atoms with E-state index in [0.717, 1.165) is 6.07 Å². The lowest BCUT2D eigenvalue weighted by molar-refractivity contribution is -0.384. The van der Waals surface area contributed by atoms with E-state index in [0.29, 0.717) is 10.8 Å². The zero-order valence-electron chi connectivity index (χ0n) is 12.0. The molecule has 1 amide bonds. The van der Waals surface area contributed by atoms with Gasteiger partial charge in [0.15, 0.2) is 5.76 Å². The molecule has 3 rings (SSSR count). The smallest absolute Gasteiger partial charge is 0.344 e. The fourth-order valence-corrected chi connectivity index (χ4v) is 2.37. The van der Waals surface area contributed by atoms with Gasteiger partial charge in [0.25, 0.3) is 11.6 Å². The van der Waals surface area contributed by atoms with Crippen molar-refractivity contribution in [2.45, 2.75) is 0 Å². The Morgan fingerprint density at radius 3 is 2.62 bits per heavy atom. The maximum atomic E-state index is 12.2. The highest BCUT2D eigenvalue weighted by Gasteiger charge is 2.15. The molecule has 0 fully saturated rings. The zero-order valence-corrected chi connectivity index (χ0v) is 12.7. The van der Waals surface area contributed by atoms with Crippen molar-refractivity contribution in [2.24, 2.45) is 0 Å². The van der Waals surface area contributed by atoms with E-state index in [4.69, 9.17) is 16.0 Å². The fourth-order valence-electron chi connectivity index (χ4n) is 2.15. The van der Waals surface area contributed by atoms with Gasteiger partial charge in [-0.3, -0.25) is 14.9 Å². The molecule has 1 heterocycles. The third-order valence-corrected chi connectivity index (χ3v) is 3.62. The Morgan fingerprint density at radius 1 is 1.17 bits per heavy atom. The van der Waals surface area contributed by atoms with E-state index in [1.807, 2.05) is 0 Å². The Balaban J connectivity index is 1.93. The lowest BCUT2D eigenvalue weighted by Gasteiger charge is -2.07. The van der Waals surface area contributed by atoms with E-state index in [1.54, 1.807) is 24.3 Å². The van der Waals surface area contributed by atoms with Crippen LogP contribution in [0.2, 0.25) is 5.02 Å². The second-order valence-electron chi connectivity index (χ2n) is 4.86. The van der Waals surface area contributed by atoms with Gasteiger partial charge in [-0.1, -0.05) is 29.8 Å². The summed E-state index contributed by atoms with van der Waals surface area (Å²) in [7, 11) is 0. The van der Waals surface area contributed by atoms with E-state index >= 15 is 0 Å². The third kappa shape index (κ3) is 2.97. The molecule has 1 aromatic heterocycles. The summed E-state index contributed by atoms with van der Waals surface area (Å²) in [6, 6.07) is 11.8. The number of amides is 1. The maximum absolute atomic E-state index is 12.2. The van der Waals surface area contributed by atoms with E-state index in [1.165, 1.54) is 18.2 Å². The van der Waals surface area contributed by atoms with Crippen LogP contribution in [0.5, 0.6) is 0 Å². The number of nitro groups is 1. The van der Waals surface area contributed by atoms with Gasteiger partial charge in [0.2, 0.25) is 0 Å². The minimum absolute atomic E-state index is 0.000635. The number of hydrogen-bond donors (Lipinski definition) is 1. The van der Waals surface area contributed by atoms with E-state index in [-0.39, 0.29) is 22.2 Å². The predicted molar refractivity (Wildman–Crippen MR) is 88.5 cm³/mol. The number of anilines is 1. The minimum Gasteiger partial charge on any atom is -0.417 e. The van der Waals surface area contributed by atoms with Gasteiger partial charge in [0.1, 0.15) is 0 Å². The lowest BCUT2D eigenvalue weighted by Crippen LogP contribution is -2.15. The molecule has 24 heavy (non-hydrogen) atoms. The molecule has 0 aliphatic rings. The predicted octanol–water partition coefficient (Wildman–Crippen LogP) is 3.61. The number of benzene rings is 2. The molecule has 0 saturated carbocycles. The van der Waals surface area contributed by atoms with Gasteiger partial charge in [-0.05, 0) is 23.6 Å². The molecule has 0 radical (unpaired) electrons. The van der Waals surface area contributed by atoms with E-state index in [2.05, 4.69) is 5.32 Å². The summed E-state index contributed by atoms with van der Waals surface area (Å²) in [5, 5.41) is 14.1. The first-order valence-electron chi connectivity index (χ1n) is 6.74. The third-order valence-electron chi connectivity index (χ3n) is 3.31. The van der Waals surface area contributed by atoms with Crippen molar-refractivity contribution in [3.05, 3.63) is 79.8 Å². The Bertz CT molecular complexity index is 1030. The number of halogens is 1. The first-order chi connectivity index (χ1) is 11.5. The van der Waals surface area contributed by atoms with Crippen LogP contribution in [-0.2, 0) is 0 Å². The molecular weight excluding hydrogens is 336 g/mol. The number of hydrogen-bond acceptors (Lipinski definition) is 5. The molecule has 0 aliphatic heterocycles.